The molecule has 0 fully saturated rings. The van der Waals surface area contributed by atoms with Gasteiger partial charge in [-0.25, -0.2) is 0 Å². The maximum absolute atomic E-state index is 10.2. The quantitative estimate of drug-likeness (QED) is 0.800. The zero-order valence-corrected chi connectivity index (χ0v) is 10.8. The van der Waals surface area contributed by atoms with Crippen LogP contribution in [0.2, 0.25) is 0 Å². The molecule has 0 aromatic heterocycles. The Morgan fingerprint density at radius 2 is 1.56 bits per heavy atom. The summed E-state index contributed by atoms with van der Waals surface area (Å²) in [5.41, 5.74) is 3.01. The van der Waals surface area contributed by atoms with Crippen molar-refractivity contribution in [2.24, 2.45) is 0 Å². The van der Waals surface area contributed by atoms with E-state index in [2.05, 4.69) is 37.4 Å². The van der Waals surface area contributed by atoms with E-state index < -0.39 is 5.60 Å². The molecule has 90 valence electrons. The third-order valence-electron chi connectivity index (χ3n) is 3.16. The standard InChI is InChI=1S/C14H23NO/c1-5-14(16,6-2)10-15-13-8-11(3)7-12(4)9-13/h7-9,15-16H,5-6,10H2,1-4H3. The average molecular weight is 221 g/mol. The van der Waals surface area contributed by atoms with Crippen LogP contribution in [0, 0.1) is 13.8 Å². The number of aryl methyl sites for hydroxylation is 2. The number of anilines is 1. The molecule has 0 atom stereocenters. The Morgan fingerprint density at radius 1 is 1.06 bits per heavy atom. The molecule has 0 heterocycles. The summed E-state index contributed by atoms with van der Waals surface area (Å²) < 4.78 is 0. The number of hydrogen-bond donors (Lipinski definition) is 2. The molecule has 0 saturated heterocycles. The molecule has 0 aliphatic heterocycles. The van der Waals surface area contributed by atoms with Gasteiger partial charge in [-0.05, 0) is 49.9 Å². The fourth-order valence-electron chi connectivity index (χ4n) is 1.84. The van der Waals surface area contributed by atoms with E-state index in [1.807, 2.05) is 13.8 Å². The Morgan fingerprint density at radius 3 is 2.00 bits per heavy atom. The van der Waals surface area contributed by atoms with Gasteiger partial charge in [-0.3, -0.25) is 0 Å². The first-order valence-corrected chi connectivity index (χ1v) is 6.03. The maximum Gasteiger partial charge on any atom is 0.0814 e. The van der Waals surface area contributed by atoms with Crippen LogP contribution in [0.5, 0.6) is 0 Å². The van der Waals surface area contributed by atoms with Crippen LogP contribution >= 0.6 is 0 Å². The molecule has 2 N–H and O–H groups in total. The van der Waals surface area contributed by atoms with Crippen molar-refractivity contribution >= 4 is 5.69 Å². The molecule has 0 spiro atoms. The van der Waals surface area contributed by atoms with Crippen LogP contribution in [0.3, 0.4) is 0 Å². The molecular weight excluding hydrogens is 198 g/mol. The number of benzene rings is 1. The van der Waals surface area contributed by atoms with E-state index in [4.69, 9.17) is 0 Å². The lowest BCUT2D eigenvalue weighted by atomic mass is 9.97. The lowest BCUT2D eigenvalue weighted by Crippen LogP contribution is -2.35. The van der Waals surface area contributed by atoms with Crippen molar-refractivity contribution in [1.29, 1.82) is 0 Å². The van der Waals surface area contributed by atoms with Crippen LogP contribution in [-0.4, -0.2) is 17.3 Å². The van der Waals surface area contributed by atoms with Gasteiger partial charge in [0.2, 0.25) is 0 Å². The van der Waals surface area contributed by atoms with E-state index in [1.54, 1.807) is 0 Å². The lowest BCUT2D eigenvalue weighted by Gasteiger charge is -2.26. The minimum absolute atomic E-state index is 0.586. The summed E-state index contributed by atoms with van der Waals surface area (Å²) in [5.74, 6) is 0. The zero-order valence-electron chi connectivity index (χ0n) is 10.8. The smallest absolute Gasteiger partial charge is 0.0814 e. The first kappa shape index (κ1) is 13.0. The van der Waals surface area contributed by atoms with Crippen LogP contribution in [0.15, 0.2) is 18.2 Å². The van der Waals surface area contributed by atoms with Crippen molar-refractivity contribution in [1.82, 2.24) is 0 Å². The first-order chi connectivity index (χ1) is 7.49. The highest BCUT2D eigenvalue weighted by atomic mass is 16.3. The third-order valence-corrected chi connectivity index (χ3v) is 3.16. The second-order valence-corrected chi connectivity index (χ2v) is 4.66. The molecule has 0 bridgehead atoms. The van der Waals surface area contributed by atoms with Gasteiger partial charge in [0.15, 0.2) is 0 Å². The molecule has 2 nitrogen and oxygen atoms in total. The highest BCUT2D eigenvalue weighted by molar-refractivity contribution is 5.48. The van der Waals surface area contributed by atoms with Crippen molar-refractivity contribution in [3.05, 3.63) is 29.3 Å². The molecule has 0 unspecified atom stereocenters. The van der Waals surface area contributed by atoms with E-state index in [1.165, 1.54) is 11.1 Å². The van der Waals surface area contributed by atoms with Crippen LogP contribution in [0.4, 0.5) is 5.69 Å². The Hall–Kier alpha value is -1.02. The van der Waals surface area contributed by atoms with Crippen LogP contribution in [0.25, 0.3) is 0 Å². The molecule has 16 heavy (non-hydrogen) atoms. The van der Waals surface area contributed by atoms with Crippen molar-refractivity contribution in [3.8, 4) is 0 Å². The van der Waals surface area contributed by atoms with Crippen LogP contribution in [-0.2, 0) is 0 Å². The van der Waals surface area contributed by atoms with Gasteiger partial charge in [-0.1, -0.05) is 19.9 Å². The SMILES string of the molecule is CCC(O)(CC)CNc1cc(C)cc(C)c1. The summed E-state index contributed by atoms with van der Waals surface area (Å²) in [6, 6.07) is 6.37. The number of hydrogen-bond acceptors (Lipinski definition) is 2. The first-order valence-electron chi connectivity index (χ1n) is 6.03. The molecule has 1 aromatic rings. The molecule has 0 aliphatic carbocycles. The maximum atomic E-state index is 10.2. The molecule has 1 aromatic carbocycles. The average Bonchev–Trinajstić information content (AvgIpc) is 2.25. The van der Waals surface area contributed by atoms with Gasteiger partial charge in [0.05, 0.1) is 5.60 Å². The van der Waals surface area contributed by atoms with E-state index >= 15 is 0 Å². The predicted molar refractivity (Wildman–Crippen MR) is 69.9 cm³/mol. The monoisotopic (exact) mass is 221 g/mol. The summed E-state index contributed by atoms with van der Waals surface area (Å²) in [4.78, 5) is 0. The molecule has 0 radical (unpaired) electrons. The van der Waals surface area contributed by atoms with Gasteiger partial charge in [0.25, 0.3) is 0 Å². The Bertz CT molecular complexity index is 322. The Balaban J connectivity index is 2.67. The summed E-state index contributed by atoms with van der Waals surface area (Å²) in [6.45, 7) is 8.83. The molecular formula is C14H23NO. The predicted octanol–water partition coefficient (Wildman–Crippen LogP) is 3.27. The van der Waals surface area contributed by atoms with E-state index in [0.29, 0.717) is 6.54 Å². The number of nitrogens with one attached hydrogen (secondary N) is 1. The topological polar surface area (TPSA) is 32.3 Å². The van der Waals surface area contributed by atoms with Gasteiger partial charge in [0.1, 0.15) is 0 Å². The van der Waals surface area contributed by atoms with Gasteiger partial charge in [0, 0.05) is 12.2 Å². The number of rotatable bonds is 5. The fraction of sp³-hybridized carbons (Fsp3) is 0.571. The Kier molecular flexibility index (Phi) is 4.36. The molecule has 0 amide bonds. The second kappa shape index (κ2) is 5.35. The third kappa shape index (κ3) is 3.53. The molecule has 2 heteroatoms. The van der Waals surface area contributed by atoms with Gasteiger partial charge >= 0.3 is 0 Å². The largest absolute Gasteiger partial charge is 0.388 e. The minimum Gasteiger partial charge on any atom is -0.388 e. The van der Waals surface area contributed by atoms with Crippen molar-refractivity contribution < 1.29 is 5.11 Å². The number of aliphatic hydroxyl groups is 1. The van der Waals surface area contributed by atoms with E-state index in [9.17, 15) is 5.11 Å². The van der Waals surface area contributed by atoms with Crippen molar-refractivity contribution in [3.63, 3.8) is 0 Å². The van der Waals surface area contributed by atoms with Crippen molar-refractivity contribution in [2.45, 2.75) is 46.1 Å². The van der Waals surface area contributed by atoms with Gasteiger partial charge in [-0.2, -0.15) is 0 Å². The van der Waals surface area contributed by atoms with Crippen molar-refractivity contribution in [2.75, 3.05) is 11.9 Å². The highest BCUT2D eigenvalue weighted by Crippen LogP contribution is 2.18. The van der Waals surface area contributed by atoms with Gasteiger partial charge < -0.3 is 10.4 Å². The van der Waals surface area contributed by atoms with Gasteiger partial charge in [-0.15, -0.1) is 0 Å². The summed E-state index contributed by atoms with van der Waals surface area (Å²) in [6.07, 6.45) is 1.56. The molecule has 1 rings (SSSR count). The lowest BCUT2D eigenvalue weighted by molar-refractivity contribution is 0.0457. The normalized spacial score (nSPS) is 11.6. The Labute approximate surface area is 98.7 Å². The highest BCUT2D eigenvalue weighted by Gasteiger charge is 2.21. The molecule has 0 saturated carbocycles. The summed E-state index contributed by atoms with van der Waals surface area (Å²) >= 11 is 0. The molecule has 0 aliphatic rings. The van der Waals surface area contributed by atoms with Crippen LogP contribution in [0.1, 0.15) is 37.8 Å². The minimum atomic E-state index is -0.586. The van der Waals surface area contributed by atoms with Crippen LogP contribution < -0.4 is 5.32 Å². The summed E-state index contributed by atoms with van der Waals surface area (Å²) in [5, 5.41) is 13.5. The zero-order chi connectivity index (χ0) is 12.2. The van der Waals surface area contributed by atoms with E-state index in [0.717, 1.165) is 18.5 Å². The van der Waals surface area contributed by atoms with E-state index in [-0.39, 0.29) is 0 Å². The fourth-order valence-corrected chi connectivity index (χ4v) is 1.84. The second-order valence-electron chi connectivity index (χ2n) is 4.66. The summed E-state index contributed by atoms with van der Waals surface area (Å²) in [7, 11) is 0.